The molecule has 2 nitrogen and oxygen atoms in total. The predicted molar refractivity (Wildman–Crippen MR) is 77.0 cm³/mol. The minimum absolute atomic E-state index is 0.784. The summed E-state index contributed by atoms with van der Waals surface area (Å²) in [5.41, 5.74) is 3.02. The molecule has 0 radical (unpaired) electrons. The number of hydrogen-bond acceptors (Lipinski definition) is 2. The molecule has 2 atom stereocenters. The molecule has 2 aliphatic rings. The Morgan fingerprint density at radius 2 is 2.11 bits per heavy atom. The van der Waals surface area contributed by atoms with E-state index in [9.17, 15) is 0 Å². The number of anilines is 1. The minimum Gasteiger partial charge on any atom is -0.371 e. The molecule has 1 aromatic rings. The summed E-state index contributed by atoms with van der Waals surface area (Å²) in [5, 5.41) is 3.39. The molecule has 0 amide bonds. The number of nitrogens with zero attached hydrogens (tertiary/aromatic N) is 1. The van der Waals surface area contributed by atoms with E-state index in [0.29, 0.717) is 0 Å². The average Bonchev–Trinajstić information content (AvgIpc) is 2.26. The molecule has 2 heterocycles. The van der Waals surface area contributed by atoms with E-state index < -0.39 is 0 Å². The van der Waals surface area contributed by atoms with Crippen LogP contribution in [0.5, 0.6) is 0 Å². The van der Waals surface area contributed by atoms with E-state index in [0.717, 1.165) is 17.8 Å². The number of benzene rings is 1. The van der Waals surface area contributed by atoms with Crippen LogP contribution in [0.15, 0.2) is 24.3 Å². The van der Waals surface area contributed by atoms with Crippen molar-refractivity contribution < 1.29 is 0 Å². The maximum absolute atomic E-state index is 3.39. The predicted octanol–water partition coefficient (Wildman–Crippen LogP) is 2.54. The number of para-hydroxylation sites is 1. The molecule has 98 valence electrons. The molecule has 0 bridgehead atoms. The molecule has 3 rings (SSSR count). The fraction of sp³-hybridized carbons (Fsp3) is 0.625. The van der Waals surface area contributed by atoms with Crippen molar-refractivity contribution in [3.63, 3.8) is 0 Å². The highest BCUT2D eigenvalue weighted by Gasteiger charge is 2.28. The summed E-state index contributed by atoms with van der Waals surface area (Å²) in [5.74, 6) is 2.46. The largest absolute Gasteiger partial charge is 0.371 e. The fourth-order valence-corrected chi connectivity index (χ4v) is 3.29. The third-order valence-electron chi connectivity index (χ3n) is 4.56. The normalized spacial score (nSPS) is 25.4. The molecular formula is C16H24N2. The monoisotopic (exact) mass is 244 g/mol. The zero-order chi connectivity index (χ0) is 12.5. The second-order valence-corrected chi connectivity index (χ2v) is 6.24. The van der Waals surface area contributed by atoms with Gasteiger partial charge in [-0.1, -0.05) is 32.0 Å². The molecule has 1 N–H and O–H groups in total. The van der Waals surface area contributed by atoms with Gasteiger partial charge in [-0.2, -0.15) is 0 Å². The molecule has 0 aromatic heterocycles. The molecule has 0 aliphatic carbocycles. The van der Waals surface area contributed by atoms with Gasteiger partial charge in [0.1, 0.15) is 0 Å². The van der Waals surface area contributed by atoms with Gasteiger partial charge in [0.05, 0.1) is 0 Å². The Morgan fingerprint density at radius 1 is 1.33 bits per heavy atom. The molecule has 2 unspecified atom stereocenters. The maximum Gasteiger partial charge on any atom is 0.0399 e. The summed E-state index contributed by atoms with van der Waals surface area (Å²) >= 11 is 0. The van der Waals surface area contributed by atoms with Crippen molar-refractivity contribution in [1.82, 2.24) is 5.32 Å². The maximum atomic E-state index is 3.39. The van der Waals surface area contributed by atoms with E-state index in [4.69, 9.17) is 0 Å². The molecule has 0 saturated carbocycles. The van der Waals surface area contributed by atoms with Crippen molar-refractivity contribution in [2.24, 2.45) is 17.8 Å². The van der Waals surface area contributed by atoms with Crippen LogP contribution in [0.3, 0.4) is 0 Å². The molecule has 2 heteroatoms. The Morgan fingerprint density at radius 3 is 2.83 bits per heavy atom. The van der Waals surface area contributed by atoms with Gasteiger partial charge in [-0.25, -0.2) is 0 Å². The average molecular weight is 244 g/mol. The highest BCUT2D eigenvalue weighted by Crippen LogP contribution is 2.31. The summed E-state index contributed by atoms with van der Waals surface area (Å²) in [6.45, 7) is 9.65. The number of rotatable bonds is 3. The van der Waals surface area contributed by atoms with Crippen molar-refractivity contribution in [2.45, 2.75) is 20.3 Å². The third kappa shape index (κ3) is 2.26. The second-order valence-electron chi connectivity index (χ2n) is 6.24. The first-order chi connectivity index (χ1) is 8.74. The Hall–Kier alpha value is -1.02. The Balaban J connectivity index is 1.75. The van der Waals surface area contributed by atoms with Crippen LogP contribution < -0.4 is 10.2 Å². The van der Waals surface area contributed by atoms with Gasteiger partial charge >= 0.3 is 0 Å². The first kappa shape index (κ1) is 12.0. The summed E-state index contributed by atoms with van der Waals surface area (Å²) in [6.07, 6.45) is 1.24. The minimum atomic E-state index is 0.784. The van der Waals surface area contributed by atoms with Crippen molar-refractivity contribution in [2.75, 3.05) is 31.1 Å². The Labute approximate surface area is 110 Å². The van der Waals surface area contributed by atoms with Crippen LogP contribution in [0.4, 0.5) is 5.69 Å². The zero-order valence-electron chi connectivity index (χ0n) is 11.5. The summed E-state index contributed by atoms with van der Waals surface area (Å²) in [7, 11) is 0. The van der Waals surface area contributed by atoms with Crippen molar-refractivity contribution in [3.05, 3.63) is 29.8 Å². The smallest absolute Gasteiger partial charge is 0.0399 e. The standard InChI is InChI=1S/C16H24N2/c1-12-7-14-5-3-4-6-16(14)18(10-12)11-13(2)15-8-17-9-15/h3-6,12-13,15,17H,7-11H2,1-2H3. The van der Waals surface area contributed by atoms with Gasteiger partial charge < -0.3 is 10.2 Å². The van der Waals surface area contributed by atoms with Gasteiger partial charge in [-0.3, -0.25) is 0 Å². The molecular weight excluding hydrogens is 220 g/mol. The lowest BCUT2D eigenvalue weighted by molar-refractivity contribution is 0.248. The third-order valence-corrected chi connectivity index (χ3v) is 4.56. The van der Waals surface area contributed by atoms with E-state index in [1.165, 1.54) is 43.9 Å². The number of fused-ring (bicyclic) bond motifs is 1. The van der Waals surface area contributed by atoms with Gasteiger partial charge in [-0.15, -0.1) is 0 Å². The van der Waals surface area contributed by atoms with E-state index in [-0.39, 0.29) is 0 Å². The van der Waals surface area contributed by atoms with Gasteiger partial charge in [-0.05, 0) is 48.9 Å². The van der Waals surface area contributed by atoms with E-state index in [2.05, 4.69) is 48.3 Å². The van der Waals surface area contributed by atoms with Gasteiger partial charge in [0.2, 0.25) is 0 Å². The number of nitrogens with one attached hydrogen (secondary N) is 1. The quantitative estimate of drug-likeness (QED) is 0.879. The molecule has 1 saturated heterocycles. The molecule has 1 fully saturated rings. The Bertz CT molecular complexity index is 411. The highest BCUT2D eigenvalue weighted by atomic mass is 15.1. The van der Waals surface area contributed by atoms with Gasteiger partial charge in [0.25, 0.3) is 0 Å². The first-order valence-corrected chi connectivity index (χ1v) is 7.27. The molecule has 1 aromatic carbocycles. The van der Waals surface area contributed by atoms with Crippen LogP contribution >= 0.6 is 0 Å². The van der Waals surface area contributed by atoms with Crippen LogP contribution in [0.25, 0.3) is 0 Å². The van der Waals surface area contributed by atoms with E-state index in [1.807, 2.05) is 0 Å². The lowest BCUT2D eigenvalue weighted by atomic mass is 9.87. The van der Waals surface area contributed by atoms with Crippen molar-refractivity contribution in [3.8, 4) is 0 Å². The lowest BCUT2D eigenvalue weighted by Gasteiger charge is -2.40. The second kappa shape index (κ2) is 4.93. The SMILES string of the molecule is CC1Cc2ccccc2N(CC(C)C2CNC2)C1. The highest BCUT2D eigenvalue weighted by molar-refractivity contribution is 5.55. The molecule has 2 aliphatic heterocycles. The molecule has 0 spiro atoms. The van der Waals surface area contributed by atoms with Gasteiger partial charge in [0.15, 0.2) is 0 Å². The van der Waals surface area contributed by atoms with Crippen LogP contribution in [0, 0.1) is 17.8 Å². The van der Waals surface area contributed by atoms with Crippen molar-refractivity contribution in [1.29, 1.82) is 0 Å². The van der Waals surface area contributed by atoms with Gasteiger partial charge in [0, 0.05) is 18.8 Å². The Kier molecular flexibility index (Phi) is 3.29. The molecule has 18 heavy (non-hydrogen) atoms. The fourth-order valence-electron chi connectivity index (χ4n) is 3.29. The number of hydrogen-bond donors (Lipinski definition) is 1. The van der Waals surface area contributed by atoms with Crippen LogP contribution in [-0.4, -0.2) is 26.2 Å². The van der Waals surface area contributed by atoms with E-state index in [1.54, 1.807) is 0 Å². The lowest BCUT2D eigenvalue weighted by Crippen LogP contribution is -2.49. The van der Waals surface area contributed by atoms with E-state index >= 15 is 0 Å². The zero-order valence-corrected chi connectivity index (χ0v) is 11.5. The topological polar surface area (TPSA) is 15.3 Å². The van der Waals surface area contributed by atoms with Crippen LogP contribution in [0.2, 0.25) is 0 Å². The summed E-state index contributed by atoms with van der Waals surface area (Å²) < 4.78 is 0. The summed E-state index contributed by atoms with van der Waals surface area (Å²) in [6, 6.07) is 8.95. The van der Waals surface area contributed by atoms with Crippen LogP contribution in [0.1, 0.15) is 19.4 Å². The van der Waals surface area contributed by atoms with Crippen LogP contribution in [-0.2, 0) is 6.42 Å². The van der Waals surface area contributed by atoms with Crippen molar-refractivity contribution >= 4 is 5.69 Å². The first-order valence-electron chi connectivity index (χ1n) is 7.27. The summed E-state index contributed by atoms with van der Waals surface area (Å²) in [4.78, 5) is 2.62.